The van der Waals surface area contributed by atoms with Crippen molar-refractivity contribution >= 4 is 28.9 Å². The van der Waals surface area contributed by atoms with E-state index in [2.05, 4.69) is 5.32 Å². The van der Waals surface area contributed by atoms with Gasteiger partial charge < -0.3 is 10.4 Å². The first-order chi connectivity index (χ1) is 9.79. The molecule has 7 heteroatoms. The van der Waals surface area contributed by atoms with Crippen LogP contribution in [-0.2, 0) is 12.7 Å². The summed E-state index contributed by atoms with van der Waals surface area (Å²) < 4.78 is 37.6. The molecule has 2 N–H and O–H groups in total. The van der Waals surface area contributed by atoms with Gasteiger partial charge in [-0.15, -0.1) is 0 Å². The highest BCUT2D eigenvalue weighted by Crippen LogP contribution is 2.34. The molecule has 0 radical (unpaired) electrons. The second-order valence-corrected chi connectivity index (χ2v) is 5.10. The molecule has 112 valence electrons. The van der Waals surface area contributed by atoms with Crippen LogP contribution in [0.5, 0.6) is 5.75 Å². The van der Waals surface area contributed by atoms with Gasteiger partial charge in [0.2, 0.25) is 0 Å². The van der Waals surface area contributed by atoms with Gasteiger partial charge in [-0.3, -0.25) is 0 Å². The third-order valence-electron chi connectivity index (χ3n) is 2.85. The maximum atomic E-state index is 12.5. The lowest BCUT2D eigenvalue weighted by Crippen LogP contribution is -2.06. The van der Waals surface area contributed by atoms with Crippen LogP contribution in [0.2, 0.25) is 10.0 Å². The molecule has 0 heterocycles. The number of phenolic OH excluding ortho intramolecular Hbond substituents is 1. The van der Waals surface area contributed by atoms with E-state index in [9.17, 15) is 18.3 Å². The summed E-state index contributed by atoms with van der Waals surface area (Å²) >= 11 is 11.8. The molecule has 21 heavy (non-hydrogen) atoms. The molecule has 0 aliphatic heterocycles. The number of alkyl halides is 3. The topological polar surface area (TPSA) is 32.3 Å². The zero-order valence-corrected chi connectivity index (χ0v) is 12.0. The van der Waals surface area contributed by atoms with Crippen LogP contribution in [0.3, 0.4) is 0 Å². The Kier molecular flexibility index (Phi) is 4.54. The number of nitrogens with one attached hydrogen (secondary N) is 1. The number of benzene rings is 2. The summed E-state index contributed by atoms with van der Waals surface area (Å²) in [6.45, 7) is 0.136. The fraction of sp³-hybridized carbons (Fsp3) is 0.143. The van der Waals surface area contributed by atoms with Crippen molar-refractivity contribution in [2.24, 2.45) is 0 Å². The van der Waals surface area contributed by atoms with Gasteiger partial charge in [-0.2, -0.15) is 13.2 Å². The Morgan fingerprint density at radius 3 is 2.33 bits per heavy atom. The average Bonchev–Trinajstić information content (AvgIpc) is 2.38. The number of rotatable bonds is 3. The molecule has 0 saturated carbocycles. The van der Waals surface area contributed by atoms with Crippen molar-refractivity contribution in [2.75, 3.05) is 5.32 Å². The predicted octanol–water partition coefficient (Wildman–Crippen LogP) is 5.33. The largest absolute Gasteiger partial charge is 0.508 e. The van der Waals surface area contributed by atoms with Crippen molar-refractivity contribution in [1.82, 2.24) is 0 Å². The maximum absolute atomic E-state index is 12.5. The predicted molar refractivity (Wildman–Crippen MR) is 76.9 cm³/mol. The maximum Gasteiger partial charge on any atom is 0.416 e. The quantitative estimate of drug-likeness (QED) is 0.794. The van der Waals surface area contributed by atoms with Gasteiger partial charge in [0.1, 0.15) is 5.75 Å². The summed E-state index contributed by atoms with van der Waals surface area (Å²) in [6.07, 6.45) is -4.44. The van der Waals surface area contributed by atoms with Crippen molar-refractivity contribution in [3.8, 4) is 5.75 Å². The Balaban J connectivity index is 2.18. The van der Waals surface area contributed by atoms with Crippen LogP contribution >= 0.6 is 23.2 Å². The van der Waals surface area contributed by atoms with Gasteiger partial charge in [-0.1, -0.05) is 29.3 Å². The number of aromatic hydroxyl groups is 1. The molecule has 0 spiro atoms. The number of hydrogen-bond acceptors (Lipinski definition) is 2. The van der Waals surface area contributed by atoms with E-state index < -0.39 is 11.7 Å². The lowest BCUT2D eigenvalue weighted by molar-refractivity contribution is -0.137. The number of halogens is 5. The highest BCUT2D eigenvalue weighted by atomic mass is 35.5. The summed E-state index contributed by atoms with van der Waals surface area (Å²) in [7, 11) is 0. The van der Waals surface area contributed by atoms with Gasteiger partial charge in [0.05, 0.1) is 16.3 Å². The Hall–Kier alpha value is -1.59. The van der Waals surface area contributed by atoms with Crippen molar-refractivity contribution < 1.29 is 18.3 Å². The standard InChI is InChI=1S/C14H10Cl2F3NO/c15-10-2-1-3-13(21)9(10)7-20-12-5-4-8(6-11(12)16)14(17,18)19/h1-6,20-21H,7H2. The van der Waals surface area contributed by atoms with E-state index in [0.717, 1.165) is 12.1 Å². The van der Waals surface area contributed by atoms with Gasteiger partial charge in [0, 0.05) is 17.1 Å². The molecule has 0 aliphatic rings. The van der Waals surface area contributed by atoms with Crippen LogP contribution in [0.1, 0.15) is 11.1 Å². The number of phenols is 1. The highest BCUT2D eigenvalue weighted by molar-refractivity contribution is 6.33. The molecule has 0 bridgehead atoms. The molecule has 2 aromatic carbocycles. The van der Waals surface area contributed by atoms with E-state index in [1.54, 1.807) is 12.1 Å². The number of hydrogen-bond donors (Lipinski definition) is 2. The van der Waals surface area contributed by atoms with Crippen molar-refractivity contribution in [3.05, 3.63) is 57.6 Å². The fourth-order valence-electron chi connectivity index (χ4n) is 1.74. The molecule has 0 fully saturated rings. The Labute approximate surface area is 129 Å². The van der Waals surface area contributed by atoms with Gasteiger partial charge in [-0.25, -0.2) is 0 Å². The van der Waals surface area contributed by atoms with Gasteiger partial charge in [0.15, 0.2) is 0 Å². The van der Waals surface area contributed by atoms with Crippen LogP contribution < -0.4 is 5.32 Å². The first-order valence-electron chi connectivity index (χ1n) is 5.86. The summed E-state index contributed by atoms with van der Waals surface area (Å²) in [5.74, 6) is -0.00182. The SMILES string of the molecule is Oc1cccc(Cl)c1CNc1ccc(C(F)(F)F)cc1Cl. The third kappa shape index (κ3) is 3.74. The summed E-state index contributed by atoms with van der Waals surface area (Å²) in [6, 6.07) is 7.67. The van der Waals surface area contributed by atoms with Crippen molar-refractivity contribution in [2.45, 2.75) is 12.7 Å². The molecule has 2 aromatic rings. The molecule has 0 unspecified atom stereocenters. The second-order valence-electron chi connectivity index (χ2n) is 4.28. The van der Waals surface area contributed by atoms with Crippen molar-refractivity contribution in [1.29, 1.82) is 0 Å². The van der Waals surface area contributed by atoms with Gasteiger partial charge in [0.25, 0.3) is 0 Å². The summed E-state index contributed by atoms with van der Waals surface area (Å²) in [5.41, 5.74) is -0.0576. The molecule has 0 atom stereocenters. The minimum Gasteiger partial charge on any atom is -0.508 e. The molecule has 2 rings (SSSR count). The normalized spacial score (nSPS) is 11.5. The first kappa shape index (κ1) is 15.8. The minimum atomic E-state index is -4.44. The van der Waals surface area contributed by atoms with E-state index in [-0.39, 0.29) is 17.3 Å². The lowest BCUT2D eigenvalue weighted by Gasteiger charge is -2.13. The first-order valence-corrected chi connectivity index (χ1v) is 6.61. The van der Waals surface area contributed by atoms with Crippen molar-refractivity contribution in [3.63, 3.8) is 0 Å². The van der Waals surface area contributed by atoms with Crippen LogP contribution in [0.4, 0.5) is 18.9 Å². The van der Waals surface area contributed by atoms with Crippen LogP contribution in [0, 0.1) is 0 Å². The zero-order chi connectivity index (χ0) is 15.6. The van der Waals surface area contributed by atoms with E-state index in [0.29, 0.717) is 16.3 Å². The highest BCUT2D eigenvalue weighted by Gasteiger charge is 2.30. The molecule has 0 aliphatic carbocycles. The lowest BCUT2D eigenvalue weighted by atomic mass is 10.1. The molecular weight excluding hydrogens is 326 g/mol. The van der Waals surface area contributed by atoms with Gasteiger partial charge in [-0.05, 0) is 30.3 Å². The van der Waals surface area contributed by atoms with Crippen LogP contribution in [0.15, 0.2) is 36.4 Å². The smallest absolute Gasteiger partial charge is 0.416 e. The Morgan fingerprint density at radius 2 is 1.76 bits per heavy atom. The zero-order valence-electron chi connectivity index (χ0n) is 10.5. The van der Waals surface area contributed by atoms with E-state index in [4.69, 9.17) is 23.2 Å². The average molecular weight is 336 g/mol. The third-order valence-corrected chi connectivity index (χ3v) is 3.51. The fourth-order valence-corrected chi connectivity index (χ4v) is 2.22. The molecular formula is C14H10Cl2F3NO. The molecule has 0 amide bonds. The number of anilines is 1. The summed E-state index contributed by atoms with van der Waals surface area (Å²) in [4.78, 5) is 0. The van der Waals surface area contributed by atoms with E-state index in [1.165, 1.54) is 12.1 Å². The molecule has 2 nitrogen and oxygen atoms in total. The van der Waals surface area contributed by atoms with E-state index in [1.807, 2.05) is 0 Å². The van der Waals surface area contributed by atoms with Crippen LogP contribution in [0.25, 0.3) is 0 Å². The van der Waals surface area contributed by atoms with E-state index >= 15 is 0 Å². The van der Waals surface area contributed by atoms with Crippen LogP contribution in [-0.4, -0.2) is 5.11 Å². The van der Waals surface area contributed by atoms with Gasteiger partial charge >= 0.3 is 6.18 Å². The second kappa shape index (κ2) is 6.03. The minimum absolute atomic E-state index is 0.00182. The monoisotopic (exact) mass is 335 g/mol. The molecule has 0 aromatic heterocycles. The Bertz CT molecular complexity index is 639. The molecule has 0 saturated heterocycles. The summed E-state index contributed by atoms with van der Waals surface area (Å²) in [5, 5.41) is 12.8. The Morgan fingerprint density at radius 1 is 1.05 bits per heavy atom.